The number of hydrogen-bond donors (Lipinski definition) is 1. The SMILES string of the molecule is COc1ccc(N2C(=O)C(=Cc3cccc(Br)c3)SC2=NN=C2C(=O)Nc3ccc(C)cc32)cc1. The van der Waals surface area contributed by atoms with Crippen molar-refractivity contribution in [3.63, 3.8) is 0 Å². The maximum absolute atomic E-state index is 13.4. The van der Waals surface area contributed by atoms with Crippen molar-refractivity contribution in [3.05, 3.63) is 92.8 Å². The Morgan fingerprint density at radius 3 is 2.57 bits per heavy atom. The Morgan fingerprint density at radius 2 is 1.83 bits per heavy atom. The first-order valence-electron chi connectivity index (χ1n) is 10.6. The lowest BCUT2D eigenvalue weighted by Gasteiger charge is -2.15. The molecule has 2 heterocycles. The van der Waals surface area contributed by atoms with Crippen LogP contribution in [0.1, 0.15) is 16.7 Å². The van der Waals surface area contributed by atoms with Crippen molar-refractivity contribution in [2.24, 2.45) is 10.2 Å². The number of hydrogen-bond acceptors (Lipinski definition) is 6. The first-order chi connectivity index (χ1) is 16.9. The van der Waals surface area contributed by atoms with Crippen LogP contribution in [0.15, 0.2) is 86.3 Å². The van der Waals surface area contributed by atoms with Gasteiger partial charge in [0.25, 0.3) is 11.8 Å². The van der Waals surface area contributed by atoms with Crippen molar-refractivity contribution in [1.29, 1.82) is 0 Å². The average Bonchev–Trinajstić information content (AvgIpc) is 3.32. The van der Waals surface area contributed by atoms with E-state index in [1.54, 1.807) is 31.4 Å². The predicted molar refractivity (Wildman–Crippen MR) is 144 cm³/mol. The molecule has 2 aliphatic rings. The number of benzene rings is 3. The van der Waals surface area contributed by atoms with Crippen LogP contribution in [0.4, 0.5) is 11.4 Å². The summed E-state index contributed by atoms with van der Waals surface area (Å²) in [5.41, 5.74) is 4.09. The molecule has 174 valence electrons. The van der Waals surface area contributed by atoms with Crippen LogP contribution in [0.5, 0.6) is 5.75 Å². The molecule has 1 N–H and O–H groups in total. The first kappa shape index (κ1) is 23.1. The van der Waals surface area contributed by atoms with Gasteiger partial charge in [0.2, 0.25) is 5.17 Å². The molecule has 3 aromatic rings. The Kier molecular flexibility index (Phi) is 6.27. The molecular weight excluding hydrogens is 528 g/mol. The van der Waals surface area contributed by atoms with E-state index in [1.807, 2.05) is 55.5 Å². The number of nitrogens with zero attached hydrogens (tertiary/aromatic N) is 3. The van der Waals surface area contributed by atoms with Gasteiger partial charge in [0.15, 0.2) is 5.71 Å². The fourth-order valence-electron chi connectivity index (χ4n) is 3.71. The van der Waals surface area contributed by atoms with Gasteiger partial charge >= 0.3 is 0 Å². The van der Waals surface area contributed by atoms with Gasteiger partial charge in [-0.3, -0.25) is 14.5 Å². The predicted octanol–water partition coefficient (Wildman–Crippen LogP) is 5.60. The highest BCUT2D eigenvalue weighted by Gasteiger charge is 2.35. The van der Waals surface area contributed by atoms with E-state index in [0.717, 1.165) is 15.6 Å². The zero-order valence-electron chi connectivity index (χ0n) is 18.8. The van der Waals surface area contributed by atoms with Gasteiger partial charge in [-0.25, -0.2) is 0 Å². The standard InChI is InChI=1S/C26H19BrN4O3S/c1-15-6-11-21-20(12-15)23(24(32)28-21)29-30-26-31(18-7-9-19(34-2)10-8-18)25(33)22(35-26)14-16-4-3-5-17(27)13-16/h3-14H,1-2H3,(H,28,29,32). The largest absolute Gasteiger partial charge is 0.497 e. The van der Waals surface area contributed by atoms with Crippen molar-refractivity contribution in [2.75, 3.05) is 17.3 Å². The van der Waals surface area contributed by atoms with Gasteiger partial charge in [-0.15, -0.1) is 10.2 Å². The molecule has 0 aliphatic carbocycles. The minimum absolute atomic E-state index is 0.211. The molecule has 0 aromatic heterocycles. The third kappa shape index (κ3) is 4.65. The smallest absolute Gasteiger partial charge is 0.276 e. The van der Waals surface area contributed by atoms with Crippen LogP contribution in [0, 0.1) is 6.92 Å². The number of amides is 2. The molecule has 0 bridgehead atoms. The molecule has 9 heteroatoms. The fourth-order valence-corrected chi connectivity index (χ4v) is 5.06. The van der Waals surface area contributed by atoms with E-state index in [2.05, 4.69) is 31.4 Å². The number of thioether (sulfide) groups is 1. The summed E-state index contributed by atoms with van der Waals surface area (Å²) in [5.74, 6) is 0.114. The summed E-state index contributed by atoms with van der Waals surface area (Å²) in [4.78, 5) is 28.0. The van der Waals surface area contributed by atoms with Crippen LogP contribution in [0.2, 0.25) is 0 Å². The Hall–Kier alpha value is -3.69. The highest BCUT2D eigenvalue weighted by molar-refractivity contribution is 9.10. The van der Waals surface area contributed by atoms with Crippen LogP contribution in [0.3, 0.4) is 0 Å². The van der Waals surface area contributed by atoms with E-state index in [-0.39, 0.29) is 17.5 Å². The number of nitrogens with one attached hydrogen (secondary N) is 1. The molecular formula is C26H19BrN4O3S. The van der Waals surface area contributed by atoms with E-state index in [0.29, 0.717) is 32.8 Å². The zero-order valence-corrected chi connectivity index (χ0v) is 21.2. The topological polar surface area (TPSA) is 83.4 Å². The second kappa shape index (κ2) is 9.52. The van der Waals surface area contributed by atoms with Crippen LogP contribution >= 0.6 is 27.7 Å². The molecule has 0 radical (unpaired) electrons. The lowest BCUT2D eigenvalue weighted by atomic mass is 10.1. The maximum Gasteiger partial charge on any atom is 0.276 e. The molecule has 2 amide bonds. The fraction of sp³-hybridized carbons (Fsp3) is 0.0769. The Balaban J connectivity index is 1.57. The van der Waals surface area contributed by atoms with Crippen molar-refractivity contribution >= 4 is 67.8 Å². The van der Waals surface area contributed by atoms with Crippen LogP contribution in [-0.2, 0) is 9.59 Å². The number of amidine groups is 1. The summed E-state index contributed by atoms with van der Waals surface area (Å²) in [6, 6.07) is 20.4. The Bertz CT molecular complexity index is 1450. The summed E-state index contributed by atoms with van der Waals surface area (Å²) in [6.45, 7) is 1.95. The number of halogens is 1. The maximum atomic E-state index is 13.4. The lowest BCUT2D eigenvalue weighted by molar-refractivity contribution is -0.113. The summed E-state index contributed by atoms with van der Waals surface area (Å²) < 4.78 is 6.16. The minimum atomic E-state index is -0.329. The monoisotopic (exact) mass is 546 g/mol. The number of rotatable bonds is 4. The number of aryl methyl sites for hydroxylation is 1. The molecule has 1 fully saturated rings. The first-order valence-corrected chi connectivity index (χ1v) is 12.3. The van der Waals surface area contributed by atoms with E-state index in [4.69, 9.17) is 4.74 Å². The molecule has 3 aromatic carbocycles. The molecule has 0 spiro atoms. The normalized spacial score (nSPS) is 18.5. The lowest BCUT2D eigenvalue weighted by Crippen LogP contribution is -2.28. The molecule has 7 nitrogen and oxygen atoms in total. The molecule has 0 atom stereocenters. The van der Waals surface area contributed by atoms with E-state index >= 15 is 0 Å². The summed E-state index contributed by atoms with van der Waals surface area (Å²) in [5, 5.41) is 11.8. The summed E-state index contributed by atoms with van der Waals surface area (Å²) in [7, 11) is 1.58. The van der Waals surface area contributed by atoms with E-state index in [1.165, 1.54) is 16.7 Å². The molecule has 1 saturated heterocycles. The second-order valence-corrected chi connectivity index (χ2v) is 9.76. The summed E-state index contributed by atoms with van der Waals surface area (Å²) >= 11 is 4.67. The second-order valence-electron chi connectivity index (χ2n) is 7.84. The van der Waals surface area contributed by atoms with Gasteiger partial charge in [0.05, 0.1) is 23.4 Å². The van der Waals surface area contributed by atoms with Crippen molar-refractivity contribution < 1.29 is 14.3 Å². The molecule has 0 saturated carbocycles. The van der Waals surface area contributed by atoms with Crippen molar-refractivity contribution in [3.8, 4) is 5.75 Å². The van der Waals surface area contributed by atoms with Gasteiger partial charge in [0, 0.05) is 10.0 Å². The average molecular weight is 547 g/mol. The van der Waals surface area contributed by atoms with Gasteiger partial charge in [-0.2, -0.15) is 0 Å². The van der Waals surface area contributed by atoms with E-state index < -0.39 is 0 Å². The molecule has 35 heavy (non-hydrogen) atoms. The van der Waals surface area contributed by atoms with Gasteiger partial charge in [-0.1, -0.05) is 39.7 Å². The van der Waals surface area contributed by atoms with Crippen molar-refractivity contribution in [1.82, 2.24) is 0 Å². The Morgan fingerprint density at radius 1 is 1.03 bits per heavy atom. The van der Waals surface area contributed by atoms with E-state index in [9.17, 15) is 9.59 Å². The third-order valence-electron chi connectivity index (χ3n) is 5.41. The van der Waals surface area contributed by atoms with Crippen LogP contribution < -0.4 is 15.0 Å². The minimum Gasteiger partial charge on any atom is -0.497 e. The van der Waals surface area contributed by atoms with Crippen molar-refractivity contribution in [2.45, 2.75) is 6.92 Å². The third-order valence-corrected chi connectivity index (χ3v) is 6.86. The van der Waals surface area contributed by atoms with Gasteiger partial charge in [0.1, 0.15) is 5.75 Å². The highest BCUT2D eigenvalue weighted by Crippen LogP contribution is 2.37. The molecule has 2 aliphatic heterocycles. The molecule has 5 rings (SSSR count). The number of ether oxygens (including phenoxy) is 1. The highest BCUT2D eigenvalue weighted by atomic mass is 79.9. The molecule has 0 unspecified atom stereocenters. The van der Waals surface area contributed by atoms with Gasteiger partial charge < -0.3 is 10.1 Å². The number of anilines is 2. The summed E-state index contributed by atoms with van der Waals surface area (Å²) in [6.07, 6.45) is 1.81. The number of fused-ring (bicyclic) bond motifs is 1. The van der Waals surface area contributed by atoms with Crippen LogP contribution in [0.25, 0.3) is 6.08 Å². The number of carbonyl (C=O) groups excluding carboxylic acids is 2. The zero-order chi connectivity index (χ0) is 24.5. The van der Waals surface area contributed by atoms with Gasteiger partial charge in [-0.05, 0) is 78.9 Å². The van der Waals surface area contributed by atoms with Crippen LogP contribution in [-0.4, -0.2) is 29.8 Å². The number of carbonyl (C=O) groups is 2. The quantitative estimate of drug-likeness (QED) is 0.341. The Labute approximate surface area is 214 Å². The number of methoxy groups -OCH3 is 1.